The van der Waals surface area contributed by atoms with Gasteiger partial charge in [-0.2, -0.15) is 5.10 Å². The van der Waals surface area contributed by atoms with Crippen LogP contribution >= 0.6 is 0 Å². The Kier molecular flexibility index (Phi) is 3.46. The van der Waals surface area contributed by atoms with Crippen LogP contribution in [0, 0.1) is 13.8 Å². The summed E-state index contributed by atoms with van der Waals surface area (Å²) in [6.45, 7) is 4.46. The van der Waals surface area contributed by atoms with Crippen molar-refractivity contribution in [2.45, 2.75) is 20.4 Å². The van der Waals surface area contributed by atoms with E-state index >= 15 is 0 Å². The summed E-state index contributed by atoms with van der Waals surface area (Å²) >= 11 is 0. The fourth-order valence-corrected chi connectivity index (χ4v) is 1.82. The van der Waals surface area contributed by atoms with Gasteiger partial charge in [-0.15, -0.1) is 0 Å². The molecule has 1 aromatic carbocycles. The van der Waals surface area contributed by atoms with E-state index in [0.29, 0.717) is 12.1 Å². The summed E-state index contributed by atoms with van der Waals surface area (Å²) in [4.78, 5) is 12.0. The van der Waals surface area contributed by atoms with E-state index in [-0.39, 0.29) is 5.91 Å². The van der Waals surface area contributed by atoms with Crippen molar-refractivity contribution in [1.82, 2.24) is 15.1 Å². The number of carbonyl (C=O) groups excluding carboxylic acids is 1. The highest BCUT2D eigenvalue weighted by Crippen LogP contribution is 2.07. The largest absolute Gasteiger partial charge is 0.348 e. The predicted molar refractivity (Wildman–Crippen MR) is 70.3 cm³/mol. The first-order chi connectivity index (χ1) is 8.58. The Morgan fingerprint density at radius 3 is 2.78 bits per heavy atom. The number of benzene rings is 1. The minimum Gasteiger partial charge on any atom is -0.348 e. The standard InChI is InChI=1S/C14H17N3O/c1-10-5-4-6-12(7-10)8-15-14(18)13-9-16-17(3)11(13)2/h4-7,9H,8H2,1-3H3,(H,15,18). The van der Waals surface area contributed by atoms with Crippen LogP contribution in [-0.2, 0) is 13.6 Å². The lowest BCUT2D eigenvalue weighted by Gasteiger charge is -2.05. The van der Waals surface area contributed by atoms with Gasteiger partial charge >= 0.3 is 0 Å². The number of rotatable bonds is 3. The molecule has 0 fully saturated rings. The van der Waals surface area contributed by atoms with Crippen LogP contribution in [0.4, 0.5) is 0 Å². The van der Waals surface area contributed by atoms with E-state index in [9.17, 15) is 4.79 Å². The van der Waals surface area contributed by atoms with Crippen molar-refractivity contribution in [2.75, 3.05) is 0 Å². The monoisotopic (exact) mass is 243 g/mol. The molecular weight excluding hydrogens is 226 g/mol. The SMILES string of the molecule is Cc1cccc(CNC(=O)c2cnn(C)c2C)c1. The lowest BCUT2D eigenvalue weighted by Crippen LogP contribution is -2.23. The van der Waals surface area contributed by atoms with Gasteiger partial charge in [0.15, 0.2) is 0 Å². The third kappa shape index (κ3) is 2.59. The predicted octanol–water partition coefficient (Wildman–Crippen LogP) is 1.97. The van der Waals surface area contributed by atoms with Crippen molar-refractivity contribution < 1.29 is 4.79 Å². The number of hydrogen-bond donors (Lipinski definition) is 1. The molecule has 2 aromatic rings. The van der Waals surface area contributed by atoms with E-state index in [1.165, 1.54) is 5.56 Å². The normalized spacial score (nSPS) is 10.4. The summed E-state index contributed by atoms with van der Waals surface area (Å²) in [5.41, 5.74) is 3.80. The molecule has 18 heavy (non-hydrogen) atoms. The fourth-order valence-electron chi connectivity index (χ4n) is 1.82. The number of nitrogens with zero attached hydrogens (tertiary/aromatic N) is 2. The molecule has 1 aromatic heterocycles. The van der Waals surface area contributed by atoms with Gasteiger partial charge in [-0.1, -0.05) is 29.8 Å². The van der Waals surface area contributed by atoms with E-state index < -0.39 is 0 Å². The Balaban J connectivity index is 2.03. The molecule has 0 aliphatic carbocycles. The Morgan fingerprint density at radius 2 is 2.17 bits per heavy atom. The second kappa shape index (κ2) is 5.04. The van der Waals surface area contributed by atoms with Gasteiger partial charge in [-0.3, -0.25) is 9.48 Å². The van der Waals surface area contributed by atoms with E-state index in [1.807, 2.05) is 39.1 Å². The Hall–Kier alpha value is -2.10. The maximum absolute atomic E-state index is 12.0. The molecule has 0 bridgehead atoms. The van der Waals surface area contributed by atoms with Crippen LogP contribution in [0.15, 0.2) is 30.5 Å². The molecule has 0 saturated heterocycles. The lowest BCUT2D eigenvalue weighted by atomic mass is 10.1. The summed E-state index contributed by atoms with van der Waals surface area (Å²) in [6.07, 6.45) is 1.60. The average molecular weight is 243 g/mol. The van der Waals surface area contributed by atoms with Crippen molar-refractivity contribution >= 4 is 5.91 Å². The maximum Gasteiger partial charge on any atom is 0.255 e. The van der Waals surface area contributed by atoms with E-state index in [1.54, 1.807) is 10.9 Å². The maximum atomic E-state index is 12.0. The zero-order valence-electron chi connectivity index (χ0n) is 10.9. The van der Waals surface area contributed by atoms with Gasteiger partial charge in [-0.25, -0.2) is 0 Å². The van der Waals surface area contributed by atoms with Crippen LogP contribution in [-0.4, -0.2) is 15.7 Å². The van der Waals surface area contributed by atoms with Crippen molar-refractivity contribution in [1.29, 1.82) is 0 Å². The third-order valence-corrected chi connectivity index (χ3v) is 3.02. The van der Waals surface area contributed by atoms with Gasteiger partial charge in [-0.05, 0) is 19.4 Å². The second-order valence-electron chi connectivity index (χ2n) is 4.44. The molecule has 0 aliphatic heterocycles. The quantitative estimate of drug-likeness (QED) is 0.895. The third-order valence-electron chi connectivity index (χ3n) is 3.02. The molecule has 2 rings (SSSR count). The molecule has 1 N–H and O–H groups in total. The molecule has 1 amide bonds. The van der Waals surface area contributed by atoms with Crippen LogP contribution in [0.2, 0.25) is 0 Å². The molecule has 4 nitrogen and oxygen atoms in total. The van der Waals surface area contributed by atoms with E-state index in [0.717, 1.165) is 11.3 Å². The summed E-state index contributed by atoms with van der Waals surface area (Å²) in [5.74, 6) is -0.0814. The zero-order valence-corrected chi connectivity index (χ0v) is 10.9. The molecule has 0 saturated carbocycles. The Bertz CT molecular complexity index is 572. The summed E-state index contributed by atoms with van der Waals surface area (Å²) in [5, 5.41) is 6.97. The molecule has 0 aliphatic rings. The van der Waals surface area contributed by atoms with Crippen LogP contribution in [0.25, 0.3) is 0 Å². The van der Waals surface area contributed by atoms with Gasteiger partial charge in [0.1, 0.15) is 0 Å². The number of nitrogens with one attached hydrogen (secondary N) is 1. The number of carbonyl (C=O) groups is 1. The van der Waals surface area contributed by atoms with Crippen LogP contribution < -0.4 is 5.32 Å². The number of amides is 1. The molecule has 1 heterocycles. The Labute approximate surface area is 107 Å². The summed E-state index contributed by atoms with van der Waals surface area (Å²) < 4.78 is 1.70. The Morgan fingerprint density at radius 1 is 1.39 bits per heavy atom. The van der Waals surface area contributed by atoms with E-state index in [4.69, 9.17) is 0 Å². The van der Waals surface area contributed by atoms with E-state index in [2.05, 4.69) is 16.5 Å². The average Bonchev–Trinajstić information content (AvgIpc) is 2.67. The molecule has 0 unspecified atom stereocenters. The molecule has 4 heteroatoms. The smallest absolute Gasteiger partial charge is 0.255 e. The summed E-state index contributed by atoms with van der Waals surface area (Å²) in [7, 11) is 1.83. The number of aryl methyl sites for hydroxylation is 2. The van der Waals surface area contributed by atoms with Crippen molar-refractivity contribution in [3.63, 3.8) is 0 Å². The van der Waals surface area contributed by atoms with Gasteiger partial charge in [0.25, 0.3) is 5.91 Å². The lowest BCUT2D eigenvalue weighted by molar-refractivity contribution is 0.0950. The molecule has 94 valence electrons. The molecule has 0 spiro atoms. The number of aromatic nitrogens is 2. The highest BCUT2D eigenvalue weighted by molar-refractivity contribution is 5.94. The topological polar surface area (TPSA) is 46.9 Å². The van der Waals surface area contributed by atoms with Crippen LogP contribution in [0.1, 0.15) is 27.2 Å². The highest BCUT2D eigenvalue weighted by atomic mass is 16.1. The zero-order chi connectivity index (χ0) is 13.1. The molecule has 0 atom stereocenters. The highest BCUT2D eigenvalue weighted by Gasteiger charge is 2.11. The summed E-state index contributed by atoms with van der Waals surface area (Å²) in [6, 6.07) is 8.10. The van der Waals surface area contributed by atoms with Crippen LogP contribution in [0.5, 0.6) is 0 Å². The van der Waals surface area contributed by atoms with Gasteiger partial charge in [0.2, 0.25) is 0 Å². The first kappa shape index (κ1) is 12.4. The number of hydrogen-bond acceptors (Lipinski definition) is 2. The van der Waals surface area contributed by atoms with Gasteiger partial charge < -0.3 is 5.32 Å². The first-order valence-electron chi connectivity index (χ1n) is 5.90. The van der Waals surface area contributed by atoms with Gasteiger partial charge in [0.05, 0.1) is 11.8 Å². The second-order valence-corrected chi connectivity index (χ2v) is 4.44. The van der Waals surface area contributed by atoms with Crippen molar-refractivity contribution in [2.24, 2.45) is 7.05 Å². The minimum atomic E-state index is -0.0814. The van der Waals surface area contributed by atoms with Crippen molar-refractivity contribution in [3.8, 4) is 0 Å². The molecular formula is C14H17N3O. The fraction of sp³-hybridized carbons (Fsp3) is 0.286. The van der Waals surface area contributed by atoms with Gasteiger partial charge in [0, 0.05) is 19.3 Å². The molecule has 0 radical (unpaired) electrons. The van der Waals surface area contributed by atoms with Crippen molar-refractivity contribution in [3.05, 3.63) is 52.8 Å². The van der Waals surface area contributed by atoms with Crippen LogP contribution in [0.3, 0.4) is 0 Å². The minimum absolute atomic E-state index is 0.0814. The first-order valence-corrected chi connectivity index (χ1v) is 5.90.